The van der Waals surface area contributed by atoms with Gasteiger partial charge in [0, 0.05) is 25.2 Å². The van der Waals surface area contributed by atoms with Crippen molar-refractivity contribution in [2.45, 2.75) is 6.04 Å². The Morgan fingerprint density at radius 3 is 2.46 bits per heavy atom. The van der Waals surface area contributed by atoms with E-state index >= 15 is 0 Å². The highest BCUT2D eigenvalue weighted by molar-refractivity contribution is 5.93. The minimum absolute atomic E-state index is 0.116. The molecule has 1 aliphatic heterocycles. The highest BCUT2D eigenvalue weighted by Crippen LogP contribution is 2.21. The van der Waals surface area contributed by atoms with Crippen LogP contribution < -0.4 is 5.32 Å². The van der Waals surface area contributed by atoms with Crippen LogP contribution in [0.15, 0.2) is 66.7 Å². The molecule has 0 radical (unpaired) electrons. The van der Waals surface area contributed by atoms with Crippen molar-refractivity contribution in [1.29, 1.82) is 0 Å². The zero-order chi connectivity index (χ0) is 19.2. The minimum Gasteiger partial charge on any atom is -0.379 e. The summed E-state index contributed by atoms with van der Waals surface area (Å²) in [5, 5.41) is 10.2. The molecule has 1 aromatic heterocycles. The van der Waals surface area contributed by atoms with Gasteiger partial charge in [-0.3, -0.25) is 14.8 Å². The highest BCUT2D eigenvalue weighted by atomic mass is 16.5. The summed E-state index contributed by atoms with van der Waals surface area (Å²) in [4.78, 5) is 15.0. The van der Waals surface area contributed by atoms with Crippen molar-refractivity contribution in [1.82, 2.24) is 20.4 Å². The third-order valence-electron chi connectivity index (χ3n) is 5.02. The number of rotatable bonds is 6. The molecular weight excluding hydrogens is 352 g/mol. The second-order valence-corrected chi connectivity index (χ2v) is 6.82. The van der Waals surface area contributed by atoms with Gasteiger partial charge in [-0.05, 0) is 11.6 Å². The number of hydrogen-bond acceptors (Lipinski definition) is 4. The number of hydrogen-bond donors (Lipinski definition) is 2. The molecule has 0 spiro atoms. The van der Waals surface area contributed by atoms with Crippen molar-refractivity contribution in [3.05, 3.63) is 78.0 Å². The summed E-state index contributed by atoms with van der Waals surface area (Å²) in [5.41, 5.74) is 3.40. The van der Waals surface area contributed by atoms with E-state index in [0.29, 0.717) is 12.2 Å². The molecule has 1 atom stereocenters. The Balaban J connectivity index is 1.45. The van der Waals surface area contributed by atoms with Crippen molar-refractivity contribution in [3.63, 3.8) is 0 Å². The van der Waals surface area contributed by atoms with Crippen LogP contribution in [0, 0.1) is 0 Å². The Morgan fingerprint density at radius 2 is 1.75 bits per heavy atom. The van der Waals surface area contributed by atoms with Crippen molar-refractivity contribution in [2.24, 2.45) is 0 Å². The lowest BCUT2D eigenvalue weighted by atomic mass is 10.0. The smallest absolute Gasteiger partial charge is 0.269 e. The molecule has 6 heteroatoms. The van der Waals surface area contributed by atoms with Crippen LogP contribution >= 0.6 is 0 Å². The van der Waals surface area contributed by atoms with Crippen LogP contribution in [0.4, 0.5) is 0 Å². The first-order valence-electron chi connectivity index (χ1n) is 9.57. The third-order valence-corrected chi connectivity index (χ3v) is 5.02. The fourth-order valence-electron chi connectivity index (χ4n) is 3.50. The molecule has 2 heterocycles. The number of ether oxygens (including phenoxy) is 1. The molecule has 0 saturated carbocycles. The minimum atomic E-state index is -0.149. The number of benzene rings is 2. The van der Waals surface area contributed by atoms with Crippen LogP contribution in [-0.2, 0) is 4.74 Å². The van der Waals surface area contributed by atoms with Gasteiger partial charge < -0.3 is 10.1 Å². The van der Waals surface area contributed by atoms with Gasteiger partial charge in [0.1, 0.15) is 5.69 Å². The Morgan fingerprint density at radius 1 is 1.07 bits per heavy atom. The average molecular weight is 376 g/mol. The second kappa shape index (κ2) is 8.82. The maximum atomic E-state index is 12.7. The van der Waals surface area contributed by atoms with E-state index in [1.807, 2.05) is 48.5 Å². The molecule has 1 amide bonds. The molecule has 3 aromatic rings. The van der Waals surface area contributed by atoms with E-state index in [-0.39, 0.29) is 11.9 Å². The van der Waals surface area contributed by atoms with Gasteiger partial charge in [-0.2, -0.15) is 5.10 Å². The van der Waals surface area contributed by atoms with E-state index in [1.165, 1.54) is 5.56 Å². The number of nitrogens with zero attached hydrogens (tertiary/aromatic N) is 2. The molecule has 0 aliphatic carbocycles. The SMILES string of the molecule is O=C(NCC(c1ccccc1)N1CCOCC1)c1cc(-c2ccccc2)n[nH]1. The number of aromatic nitrogens is 2. The van der Waals surface area contributed by atoms with Gasteiger partial charge in [-0.1, -0.05) is 60.7 Å². The fraction of sp³-hybridized carbons (Fsp3) is 0.273. The predicted octanol–water partition coefficient (Wildman–Crippen LogP) is 2.88. The van der Waals surface area contributed by atoms with Gasteiger partial charge in [-0.15, -0.1) is 0 Å². The average Bonchev–Trinajstić information content (AvgIpc) is 3.26. The van der Waals surface area contributed by atoms with E-state index in [9.17, 15) is 4.79 Å². The summed E-state index contributed by atoms with van der Waals surface area (Å²) in [6.07, 6.45) is 0. The van der Waals surface area contributed by atoms with Crippen LogP contribution in [0.3, 0.4) is 0 Å². The van der Waals surface area contributed by atoms with E-state index in [0.717, 1.165) is 37.6 Å². The topological polar surface area (TPSA) is 70.2 Å². The Labute approximate surface area is 164 Å². The first-order chi connectivity index (χ1) is 13.8. The van der Waals surface area contributed by atoms with E-state index in [1.54, 1.807) is 6.07 Å². The predicted molar refractivity (Wildman–Crippen MR) is 108 cm³/mol. The zero-order valence-electron chi connectivity index (χ0n) is 15.7. The summed E-state index contributed by atoms with van der Waals surface area (Å²) >= 11 is 0. The number of morpholine rings is 1. The number of H-pyrrole nitrogens is 1. The van der Waals surface area contributed by atoms with Crippen LogP contribution in [0.2, 0.25) is 0 Å². The highest BCUT2D eigenvalue weighted by Gasteiger charge is 2.23. The van der Waals surface area contributed by atoms with Crippen LogP contribution in [-0.4, -0.2) is 53.9 Å². The van der Waals surface area contributed by atoms with Crippen molar-refractivity contribution < 1.29 is 9.53 Å². The molecule has 144 valence electrons. The van der Waals surface area contributed by atoms with Crippen LogP contribution in [0.5, 0.6) is 0 Å². The monoisotopic (exact) mass is 376 g/mol. The molecule has 1 saturated heterocycles. The van der Waals surface area contributed by atoms with Crippen LogP contribution in [0.25, 0.3) is 11.3 Å². The fourth-order valence-corrected chi connectivity index (χ4v) is 3.50. The van der Waals surface area contributed by atoms with Gasteiger partial charge in [0.25, 0.3) is 5.91 Å². The molecule has 28 heavy (non-hydrogen) atoms. The molecule has 2 aromatic carbocycles. The maximum Gasteiger partial charge on any atom is 0.269 e. The number of amides is 1. The number of nitrogens with one attached hydrogen (secondary N) is 2. The number of carbonyl (C=O) groups is 1. The summed E-state index contributed by atoms with van der Waals surface area (Å²) in [6, 6.07) is 22.0. The standard InChI is InChI=1S/C22H24N4O2/c27-22(20-15-19(24-25-20)17-7-3-1-4-8-17)23-16-21(18-9-5-2-6-10-18)26-11-13-28-14-12-26/h1-10,15,21H,11-14,16H2,(H,23,27)(H,24,25). The van der Waals surface area contributed by atoms with Crippen molar-refractivity contribution in [3.8, 4) is 11.3 Å². The second-order valence-electron chi connectivity index (χ2n) is 6.82. The van der Waals surface area contributed by atoms with Gasteiger partial charge in [0.15, 0.2) is 0 Å². The summed E-state index contributed by atoms with van der Waals surface area (Å²) in [5.74, 6) is -0.149. The molecule has 1 fully saturated rings. The van der Waals surface area contributed by atoms with E-state index in [2.05, 4.69) is 32.5 Å². The molecule has 0 bridgehead atoms. The molecule has 6 nitrogen and oxygen atoms in total. The lowest BCUT2D eigenvalue weighted by Crippen LogP contribution is -2.43. The first kappa shape index (κ1) is 18.4. The molecule has 2 N–H and O–H groups in total. The zero-order valence-corrected chi connectivity index (χ0v) is 15.7. The van der Waals surface area contributed by atoms with Gasteiger partial charge in [-0.25, -0.2) is 0 Å². The first-order valence-corrected chi connectivity index (χ1v) is 9.57. The summed E-state index contributed by atoms with van der Waals surface area (Å²) in [7, 11) is 0. The lowest BCUT2D eigenvalue weighted by molar-refractivity contribution is 0.0162. The third kappa shape index (κ3) is 4.30. The van der Waals surface area contributed by atoms with Gasteiger partial charge in [0.2, 0.25) is 0 Å². The molecule has 1 aliphatic rings. The Hall–Kier alpha value is -2.96. The van der Waals surface area contributed by atoms with Crippen molar-refractivity contribution in [2.75, 3.05) is 32.8 Å². The van der Waals surface area contributed by atoms with E-state index in [4.69, 9.17) is 4.74 Å². The normalized spacial score (nSPS) is 15.9. The summed E-state index contributed by atoms with van der Waals surface area (Å²) < 4.78 is 5.48. The largest absolute Gasteiger partial charge is 0.379 e. The Kier molecular flexibility index (Phi) is 5.80. The molecule has 1 unspecified atom stereocenters. The van der Waals surface area contributed by atoms with Gasteiger partial charge >= 0.3 is 0 Å². The molecule has 4 rings (SSSR count). The lowest BCUT2D eigenvalue weighted by Gasteiger charge is -2.34. The quantitative estimate of drug-likeness (QED) is 0.694. The number of aromatic amines is 1. The van der Waals surface area contributed by atoms with Crippen LogP contribution in [0.1, 0.15) is 22.1 Å². The van der Waals surface area contributed by atoms with E-state index < -0.39 is 0 Å². The van der Waals surface area contributed by atoms with Crippen molar-refractivity contribution >= 4 is 5.91 Å². The molecular formula is C22H24N4O2. The number of carbonyl (C=O) groups excluding carboxylic acids is 1. The maximum absolute atomic E-state index is 12.7. The summed E-state index contributed by atoms with van der Waals surface area (Å²) in [6.45, 7) is 3.69. The van der Waals surface area contributed by atoms with Gasteiger partial charge in [0.05, 0.1) is 24.9 Å². The Bertz CT molecular complexity index is 889.